The van der Waals surface area contributed by atoms with E-state index >= 15 is 0 Å². The highest BCUT2D eigenvalue weighted by Crippen LogP contribution is 2.26. The largest absolute Gasteiger partial charge is 0.492 e. The molecule has 1 fully saturated rings. The fourth-order valence-corrected chi connectivity index (χ4v) is 4.22. The van der Waals surface area contributed by atoms with E-state index in [1.165, 1.54) is 5.56 Å². The molecule has 1 saturated heterocycles. The molecule has 38 heavy (non-hydrogen) atoms. The van der Waals surface area contributed by atoms with E-state index in [1.807, 2.05) is 48.8 Å². The molecule has 4 aromatic rings. The molecule has 2 aromatic heterocycles. The zero-order chi connectivity index (χ0) is 26.5. The maximum atomic E-state index is 11.3. The Morgan fingerprint density at radius 3 is 2.47 bits per heavy atom. The van der Waals surface area contributed by atoms with E-state index < -0.39 is 11.4 Å². The Morgan fingerprint density at radius 2 is 1.76 bits per heavy atom. The van der Waals surface area contributed by atoms with Crippen molar-refractivity contribution in [3.63, 3.8) is 0 Å². The Morgan fingerprint density at radius 1 is 1.00 bits per heavy atom. The average molecular weight is 513 g/mol. The Hall–Kier alpha value is -4.01. The number of nitrogens with one attached hydrogen (secondary N) is 1. The van der Waals surface area contributed by atoms with E-state index in [1.54, 1.807) is 13.8 Å². The molecule has 2 aromatic carbocycles. The van der Waals surface area contributed by atoms with Crippen molar-refractivity contribution in [2.75, 3.05) is 32.9 Å². The Kier molecular flexibility index (Phi) is 7.53. The van der Waals surface area contributed by atoms with Gasteiger partial charge in [0.2, 0.25) is 0 Å². The molecule has 5 rings (SSSR count). The van der Waals surface area contributed by atoms with Crippen LogP contribution in [0.25, 0.3) is 33.9 Å². The molecule has 1 aliphatic rings. The van der Waals surface area contributed by atoms with Gasteiger partial charge in [0.1, 0.15) is 18.2 Å². The molecule has 0 atom stereocenters. The number of pyridine rings is 1. The lowest BCUT2D eigenvalue weighted by Gasteiger charge is -2.26. The molecule has 0 aliphatic carbocycles. The van der Waals surface area contributed by atoms with Crippen LogP contribution in [0.2, 0.25) is 0 Å². The first-order valence-electron chi connectivity index (χ1n) is 12.7. The summed E-state index contributed by atoms with van der Waals surface area (Å²) >= 11 is 0. The van der Waals surface area contributed by atoms with Crippen LogP contribution in [0.1, 0.15) is 19.4 Å². The molecule has 1 aliphatic heterocycles. The second-order valence-corrected chi connectivity index (χ2v) is 10.2. The van der Waals surface area contributed by atoms with E-state index in [9.17, 15) is 9.90 Å². The summed E-state index contributed by atoms with van der Waals surface area (Å²) < 4.78 is 11.1. The predicted octanol–water partition coefficient (Wildman–Crippen LogP) is 5.13. The van der Waals surface area contributed by atoms with Crippen molar-refractivity contribution in [2.45, 2.75) is 20.4 Å². The number of morpholine rings is 1. The standard InChI is InChI=1S/C30H32N4O4/c1-30(2,29(35)36)20-38-25-9-6-22(7-10-25)26-11-8-24(17-31-26)28-32-18-27(33-28)23-5-3-4-21(16-23)19-34-12-14-37-15-13-34/h3-11,16-18H,12-15,19-20H2,1-2H3,(H,32,33)(H,35,36). The molecular weight excluding hydrogens is 480 g/mol. The first-order valence-corrected chi connectivity index (χ1v) is 12.7. The third kappa shape index (κ3) is 6.10. The smallest absolute Gasteiger partial charge is 0.312 e. The van der Waals surface area contributed by atoms with Gasteiger partial charge in [-0.3, -0.25) is 14.7 Å². The van der Waals surface area contributed by atoms with Crippen molar-refractivity contribution in [3.05, 3.63) is 78.6 Å². The van der Waals surface area contributed by atoms with Gasteiger partial charge in [0.25, 0.3) is 0 Å². The second kappa shape index (κ2) is 11.2. The van der Waals surface area contributed by atoms with E-state index in [2.05, 4.69) is 44.1 Å². The van der Waals surface area contributed by atoms with Crippen molar-refractivity contribution in [1.82, 2.24) is 19.9 Å². The van der Waals surface area contributed by atoms with Crippen molar-refractivity contribution in [1.29, 1.82) is 0 Å². The zero-order valence-corrected chi connectivity index (χ0v) is 21.7. The fourth-order valence-electron chi connectivity index (χ4n) is 4.22. The quantitative estimate of drug-likeness (QED) is 0.321. The molecule has 8 nitrogen and oxygen atoms in total. The number of ether oxygens (including phenoxy) is 2. The van der Waals surface area contributed by atoms with E-state index in [0.717, 1.165) is 66.8 Å². The molecule has 0 radical (unpaired) electrons. The molecule has 3 heterocycles. The minimum Gasteiger partial charge on any atom is -0.492 e. The lowest BCUT2D eigenvalue weighted by molar-refractivity contribution is -0.148. The number of aromatic nitrogens is 3. The van der Waals surface area contributed by atoms with Crippen LogP contribution in [0.5, 0.6) is 5.75 Å². The van der Waals surface area contributed by atoms with Crippen molar-refractivity contribution in [2.24, 2.45) is 5.41 Å². The van der Waals surface area contributed by atoms with Gasteiger partial charge < -0.3 is 19.6 Å². The molecule has 0 bridgehead atoms. The number of nitrogens with zero attached hydrogens (tertiary/aromatic N) is 3. The maximum absolute atomic E-state index is 11.3. The number of carboxylic acids is 1. The van der Waals surface area contributed by atoms with E-state index in [0.29, 0.717) is 5.75 Å². The monoisotopic (exact) mass is 512 g/mol. The second-order valence-electron chi connectivity index (χ2n) is 10.2. The number of aliphatic carboxylic acids is 1. The number of hydrogen-bond donors (Lipinski definition) is 2. The molecule has 196 valence electrons. The van der Waals surface area contributed by atoms with Crippen LogP contribution in [0.4, 0.5) is 0 Å². The number of H-pyrrole nitrogens is 1. The van der Waals surface area contributed by atoms with Gasteiger partial charge in [0, 0.05) is 37.0 Å². The molecule has 8 heteroatoms. The van der Waals surface area contributed by atoms with Crippen molar-refractivity contribution >= 4 is 5.97 Å². The van der Waals surface area contributed by atoms with Gasteiger partial charge >= 0.3 is 5.97 Å². The summed E-state index contributed by atoms with van der Waals surface area (Å²) in [6.45, 7) is 7.80. The number of imidazole rings is 1. The van der Waals surface area contributed by atoms with E-state index in [-0.39, 0.29) is 6.61 Å². The Labute approximate surface area is 222 Å². The normalized spacial score (nSPS) is 14.4. The number of benzene rings is 2. The van der Waals surface area contributed by atoms with Gasteiger partial charge in [-0.15, -0.1) is 0 Å². The molecule has 0 saturated carbocycles. The molecular formula is C30H32N4O4. The third-order valence-electron chi connectivity index (χ3n) is 6.69. The Bertz CT molecular complexity index is 1370. The van der Waals surface area contributed by atoms with Gasteiger partial charge in [-0.2, -0.15) is 0 Å². The molecule has 0 unspecified atom stereocenters. The lowest BCUT2D eigenvalue weighted by atomic mass is 9.95. The predicted molar refractivity (Wildman–Crippen MR) is 146 cm³/mol. The summed E-state index contributed by atoms with van der Waals surface area (Å²) in [5, 5.41) is 9.24. The summed E-state index contributed by atoms with van der Waals surface area (Å²) in [6, 6.07) is 20.0. The first kappa shape index (κ1) is 25.6. The van der Waals surface area contributed by atoms with Crippen LogP contribution < -0.4 is 4.74 Å². The Balaban J connectivity index is 1.24. The average Bonchev–Trinajstić information content (AvgIpc) is 3.44. The van der Waals surface area contributed by atoms with Crippen LogP contribution in [-0.2, 0) is 16.1 Å². The fraction of sp³-hybridized carbons (Fsp3) is 0.300. The van der Waals surface area contributed by atoms with E-state index in [4.69, 9.17) is 9.47 Å². The SMILES string of the molecule is CC(C)(COc1ccc(-c2ccc(-c3ncc(-c4cccc(CN5CCOCC5)c4)[nH]3)cn2)cc1)C(=O)O. The number of carboxylic acid groups (broad SMARTS) is 1. The number of carbonyl (C=O) groups is 1. The summed E-state index contributed by atoms with van der Waals surface area (Å²) in [7, 11) is 0. The number of hydrogen-bond acceptors (Lipinski definition) is 6. The maximum Gasteiger partial charge on any atom is 0.312 e. The highest BCUT2D eigenvalue weighted by Gasteiger charge is 2.28. The minimum atomic E-state index is -0.951. The highest BCUT2D eigenvalue weighted by molar-refractivity contribution is 5.73. The zero-order valence-electron chi connectivity index (χ0n) is 21.7. The van der Waals surface area contributed by atoms with Gasteiger partial charge in [0.05, 0.1) is 36.2 Å². The van der Waals surface area contributed by atoms with Crippen molar-refractivity contribution in [3.8, 4) is 39.7 Å². The summed E-state index contributed by atoms with van der Waals surface area (Å²) in [5.41, 5.74) is 5.07. The summed E-state index contributed by atoms with van der Waals surface area (Å²) in [5.74, 6) is 0.499. The van der Waals surface area contributed by atoms with Crippen LogP contribution in [0.3, 0.4) is 0 Å². The molecule has 0 amide bonds. The van der Waals surface area contributed by atoms with Gasteiger partial charge in [-0.1, -0.05) is 18.2 Å². The van der Waals surface area contributed by atoms with Crippen LogP contribution in [0, 0.1) is 5.41 Å². The molecule has 2 N–H and O–H groups in total. The summed E-state index contributed by atoms with van der Waals surface area (Å²) in [4.78, 5) is 26.3. The molecule has 0 spiro atoms. The number of rotatable bonds is 9. The lowest BCUT2D eigenvalue weighted by Crippen LogP contribution is -2.35. The van der Waals surface area contributed by atoms with Gasteiger partial charge in [0.15, 0.2) is 0 Å². The topological polar surface area (TPSA) is 101 Å². The third-order valence-corrected chi connectivity index (χ3v) is 6.69. The van der Waals surface area contributed by atoms with Crippen molar-refractivity contribution < 1.29 is 19.4 Å². The first-order chi connectivity index (χ1) is 18.4. The summed E-state index contributed by atoms with van der Waals surface area (Å²) in [6.07, 6.45) is 3.67. The minimum absolute atomic E-state index is 0.0952. The number of aromatic amines is 1. The van der Waals surface area contributed by atoms with Crippen LogP contribution >= 0.6 is 0 Å². The van der Waals surface area contributed by atoms with Crippen LogP contribution in [0.15, 0.2) is 73.1 Å². The van der Waals surface area contributed by atoms with Crippen LogP contribution in [-0.4, -0.2) is 63.8 Å². The van der Waals surface area contributed by atoms with Gasteiger partial charge in [-0.05, 0) is 67.4 Å². The highest BCUT2D eigenvalue weighted by atomic mass is 16.5. The van der Waals surface area contributed by atoms with Gasteiger partial charge in [-0.25, -0.2) is 4.98 Å².